The van der Waals surface area contributed by atoms with Crippen molar-refractivity contribution in [1.82, 2.24) is 20.7 Å². The lowest BCUT2D eigenvalue weighted by molar-refractivity contribution is -0.141. The molecule has 3 aliphatic rings. The van der Waals surface area contributed by atoms with E-state index in [1.807, 2.05) is 24.3 Å². The Morgan fingerprint density at radius 1 is 1.21 bits per heavy atom. The average Bonchev–Trinajstić information content (AvgIpc) is 3.36. The first-order chi connectivity index (χ1) is 15.9. The number of rotatable bonds is 4. The Hall–Kier alpha value is -3.49. The topological polar surface area (TPSA) is 118 Å². The second kappa shape index (κ2) is 8.13. The summed E-state index contributed by atoms with van der Waals surface area (Å²) in [7, 11) is 0. The molecule has 0 atom stereocenters. The molecule has 2 heterocycles. The standard InChI is InChI=1S/C24H26N4O5/c1-14-9-11-24(12-10-14)22(31)28(23(32)26-24)27-19(29)13-33-21(30)20-15-5-2-3-7-17(15)25-18-8-4-6-16(18)20/h2-3,5,7,14H,4,6,8-13H2,1H3,(H,26,32)(H,27,29). The van der Waals surface area contributed by atoms with Crippen molar-refractivity contribution in [3.05, 3.63) is 41.1 Å². The normalized spacial score (nSPS) is 24.2. The number of esters is 1. The Morgan fingerprint density at radius 2 is 1.97 bits per heavy atom. The number of amides is 4. The molecule has 2 aliphatic carbocycles. The van der Waals surface area contributed by atoms with Crippen molar-refractivity contribution in [3.63, 3.8) is 0 Å². The third-order valence-corrected chi connectivity index (χ3v) is 6.98. The molecule has 9 nitrogen and oxygen atoms in total. The molecule has 1 aromatic heterocycles. The van der Waals surface area contributed by atoms with Crippen LogP contribution in [0.25, 0.3) is 10.9 Å². The summed E-state index contributed by atoms with van der Waals surface area (Å²) in [5.41, 5.74) is 4.24. The van der Waals surface area contributed by atoms with Gasteiger partial charge in [-0.05, 0) is 62.5 Å². The highest BCUT2D eigenvalue weighted by Gasteiger charge is 2.52. The van der Waals surface area contributed by atoms with Crippen molar-refractivity contribution in [2.24, 2.45) is 5.92 Å². The van der Waals surface area contributed by atoms with E-state index in [9.17, 15) is 19.2 Å². The first kappa shape index (κ1) is 21.4. The van der Waals surface area contributed by atoms with Gasteiger partial charge in [-0.1, -0.05) is 25.1 Å². The highest BCUT2D eigenvalue weighted by atomic mass is 16.5. The summed E-state index contributed by atoms with van der Waals surface area (Å²) >= 11 is 0. The Labute approximate surface area is 190 Å². The summed E-state index contributed by atoms with van der Waals surface area (Å²) in [5, 5.41) is 4.14. The predicted molar refractivity (Wildman–Crippen MR) is 118 cm³/mol. The van der Waals surface area contributed by atoms with Crippen molar-refractivity contribution in [2.45, 2.75) is 57.4 Å². The minimum atomic E-state index is -0.954. The van der Waals surface area contributed by atoms with Gasteiger partial charge in [0, 0.05) is 11.1 Å². The number of hydrogen-bond acceptors (Lipinski definition) is 6. The molecule has 1 saturated heterocycles. The molecule has 172 valence electrons. The molecule has 5 rings (SSSR count). The molecule has 9 heteroatoms. The molecule has 2 fully saturated rings. The van der Waals surface area contributed by atoms with E-state index < -0.39 is 36.0 Å². The molecular weight excluding hydrogens is 424 g/mol. The van der Waals surface area contributed by atoms with Crippen LogP contribution in [0.4, 0.5) is 4.79 Å². The van der Waals surface area contributed by atoms with Crippen molar-refractivity contribution >= 4 is 34.7 Å². The second-order valence-electron chi connectivity index (χ2n) is 9.23. The number of ether oxygens (including phenoxy) is 1. The lowest BCUT2D eigenvalue weighted by Crippen LogP contribution is -2.52. The Bertz CT molecular complexity index is 1170. The number of fused-ring (bicyclic) bond motifs is 2. The van der Waals surface area contributed by atoms with Crippen LogP contribution in [-0.4, -0.2) is 46.0 Å². The second-order valence-corrected chi connectivity index (χ2v) is 9.23. The SMILES string of the molecule is CC1CCC2(CC1)NC(=O)N(NC(=O)COC(=O)c1c3c(nc4ccccc14)CCC3)C2=O. The predicted octanol–water partition coefficient (Wildman–Crippen LogP) is 2.41. The van der Waals surface area contributed by atoms with E-state index in [-0.39, 0.29) is 0 Å². The van der Waals surface area contributed by atoms with Crippen LogP contribution in [0.5, 0.6) is 0 Å². The third-order valence-electron chi connectivity index (χ3n) is 6.98. The number of carbonyl (C=O) groups is 4. The number of pyridine rings is 1. The van der Waals surface area contributed by atoms with E-state index in [0.717, 1.165) is 43.4 Å². The minimum absolute atomic E-state index is 0.436. The highest BCUT2D eigenvalue weighted by Crippen LogP contribution is 2.36. The number of aromatic nitrogens is 1. The van der Waals surface area contributed by atoms with Gasteiger partial charge in [0.05, 0.1) is 11.1 Å². The molecule has 33 heavy (non-hydrogen) atoms. The fourth-order valence-electron chi connectivity index (χ4n) is 5.12. The van der Waals surface area contributed by atoms with Crippen LogP contribution in [0.1, 0.15) is 60.6 Å². The quantitative estimate of drug-likeness (QED) is 0.546. The monoisotopic (exact) mass is 450 g/mol. The number of para-hydroxylation sites is 1. The van der Waals surface area contributed by atoms with E-state index >= 15 is 0 Å². The fourth-order valence-corrected chi connectivity index (χ4v) is 5.12. The number of carbonyl (C=O) groups excluding carboxylic acids is 4. The fraction of sp³-hybridized carbons (Fsp3) is 0.458. The molecular formula is C24H26N4O5. The van der Waals surface area contributed by atoms with Crippen LogP contribution >= 0.6 is 0 Å². The van der Waals surface area contributed by atoms with Gasteiger partial charge in [0.25, 0.3) is 11.8 Å². The number of nitrogens with zero attached hydrogens (tertiary/aromatic N) is 2. The van der Waals surface area contributed by atoms with Gasteiger partial charge < -0.3 is 10.1 Å². The number of hydrazine groups is 1. The van der Waals surface area contributed by atoms with Crippen molar-refractivity contribution in [3.8, 4) is 0 Å². The van der Waals surface area contributed by atoms with Crippen LogP contribution in [0.2, 0.25) is 0 Å². The van der Waals surface area contributed by atoms with Gasteiger partial charge in [0.15, 0.2) is 6.61 Å². The molecule has 1 saturated carbocycles. The summed E-state index contributed by atoms with van der Waals surface area (Å²) in [6.07, 6.45) is 5.18. The van der Waals surface area contributed by atoms with E-state index in [4.69, 9.17) is 4.74 Å². The number of imide groups is 1. The zero-order chi connectivity index (χ0) is 23.2. The minimum Gasteiger partial charge on any atom is -0.452 e. The van der Waals surface area contributed by atoms with E-state index in [2.05, 4.69) is 22.7 Å². The molecule has 0 bridgehead atoms. The number of urea groups is 1. The van der Waals surface area contributed by atoms with Gasteiger partial charge in [-0.3, -0.25) is 20.0 Å². The Morgan fingerprint density at radius 3 is 2.76 bits per heavy atom. The first-order valence-electron chi connectivity index (χ1n) is 11.4. The summed E-state index contributed by atoms with van der Waals surface area (Å²) in [4.78, 5) is 55.3. The lowest BCUT2D eigenvalue weighted by atomic mass is 9.77. The number of nitrogens with one attached hydrogen (secondary N) is 2. The van der Waals surface area contributed by atoms with Crippen LogP contribution in [0, 0.1) is 5.92 Å². The number of aryl methyl sites for hydroxylation is 1. The summed E-state index contributed by atoms with van der Waals surface area (Å²) in [6, 6.07) is 6.68. The van der Waals surface area contributed by atoms with Crippen molar-refractivity contribution < 1.29 is 23.9 Å². The van der Waals surface area contributed by atoms with E-state index in [0.29, 0.717) is 40.2 Å². The van der Waals surface area contributed by atoms with Gasteiger partial charge in [0.1, 0.15) is 5.54 Å². The van der Waals surface area contributed by atoms with Gasteiger partial charge in [-0.15, -0.1) is 0 Å². The molecule has 0 radical (unpaired) electrons. The molecule has 4 amide bonds. The molecule has 1 aromatic carbocycles. The first-order valence-corrected chi connectivity index (χ1v) is 11.4. The maximum Gasteiger partial charge on any atom is 0.344 e. The Kier molecular flexibility index (Phi) is 5.26. The third kappa shape index (κ3) is 3.71. The zero-order valence-corrected chi connectivity index (χ0v) is 18.5. The highest BCUT2D eigenvalue weighted by molar-refractivity contribution is 6.08. The summed E-state index contributed by atoms with van der Waals surface area (Å²) in [6.45, 7) is 1.51. The average molecular weight is 450 g/mol. The largest absolute Gasteiger partial charge is 0.452 e. The molecule has 1 spiro atoms. The number of benzene rings is 1. The maximum atomic E-state index is 13.0. The maximum absolute atomic E-state index is 13.0. The number of hydrogen-bond donors (Lipinski definition) is 2. The van der Waals surface area contributed by atoms with Gasteiger partial charge >= 0.3 is 12.0 Å². The van der Waals surface area contributed by atoms with E-state index in [1.54, 1.807) is 0 Å². The van der Waals surface area contributed by atoms with Gasteiger partial charge in [0.2, 0.25) is 0 Å². The van der Waals surface area contributed by atoms with Gasteiger partial charge in [-0.2, -0.15) is 5.01 Å². The molecule has 0 unspecified atom stereocenters. The van der Waals surface area contributed by atoms with Gasteiger partial charge in [-0.25, -0.2) is 9.59 Å². The van der Waals surface area contributed by atoms with E-state index in [1.165, 1.54) is 0 Å². The van der Waals surface area contributed by atoms with Crippen LogP contribution < -0.4 is 10.7 Å². The molecule has 1 aliphatic heterocycles. The van der Waals surface area contributed by atoms with Crippen LogP contribution in [0.3, 0.4) is 0 Å². The van der Waals surface area contributed by atoms with Crippen LogP contribution in [-0.2, 0) is 27.2 Å². The molecule has 2 aromatic rings. The van der Waals surface area contributed by atoms with Crippen molar-refractivity contribution in [2.75, 3.05) is 6.61 Å². The zero-order valence-electron chi connectivity index (χ0n) is 18.5. The lowest BCUT2D eigenvalue weighted by Gasteiger charge is -2.33. The summed E-state index contributed by atoms with van der Waals surface area (Å²) < 4.78 is 5.31. The van der Waals surface area contributed by atoms with Crippen LogP contribution in [0.15, 0.2) is 24.3 Å². The smallest absolute Gasteiger partial charge is 0.344 e. The summed E-state index contributed by atoms with van der Waals surface area (Å²) in [5.74, 6) is -1.33. The molecule has 2 N–H and O–H groups in total. The Balaban J connectivity index is 1.27. The van der Waals surface area contributed by atoms with Crippen molar-refractivity contribution in [1.29, 1.82) is 0 Å².